The molecule has 100 valence electrons. The Kier molecular flexibility index (Phi) is 4.13. The third kappa shape index (κ3) is 3.10. The average molecular weight is 267 g/mol. The summed E-state index contributed by atoms with van der Waals surface area (Å²) in [6.45, 7) is 0. The fraction of sp³-hybridized carbons (Fsp3) is 0.154. The highest BCUT2D eigenvalue weighted by Crippen LogP contribution is 2.21. The fourth-order valence-corrected chi connectivity index (χ4v) is 1.85. The second-order valence-electron chi connectivity index (χ2n) is 4.06. The number of hydrogen-bond donors (Lipinski definition) is 2. The molecule has 3 N–H and O–H groups in total. The smallest absolute Gasteiger partial charge is 0.146 e. The summed E-state index contributed by atoms with van der Waals surface area (Å²) in [6.07, 6.45) is 2.48. The molecule has 0 bridgehead atoms. The molecule has 1 heterocycles. The zero-order valence-corrected chi connectivity index (χ0v) is 9.91. The first-order valence-electron chi connectivity index (χ1n) is 5.61. The molecule has 2 aromatic rings. The molecule has 0 spiro atoms. The predicted octanol–water partition coefficient (Wildman–Crippen LogP) is 2.25. The maximum Gasteiger partial charge on any atom is 0.146 e. The molecule has 0 radical (unpaired) electrons. The molecule has 0 aliphatic heterocycles. The van der Waals surface area contributed by atoms with Gasteiger partial charge in [-0.15, -0.1) is 0 Å². The quantitative estimate of drug-likeness (QED) is 0.660. The van der Waals surface area contributed by atoms with E-state index in [1.807, 2.05) is 0 Å². The van der Waals surface area contributed by atoms with Crippen molar-refractivity contribution >= 4 is 0 Å². The van der Waals surface area contributed by atoms with Crippen LogP contribution in [0.3, 0.4) is 0 Å². The Labute approximate surface area is 108 Å². The lowest BCUT2D eigenvalue weighted by atomic mass is 9.99. The highest BCUT2D eigenvalue weighted by atomic mass is 19.1. The minimum atomic E-state index is -0.667. The fourth-order valence-electron chi connectivity index (χ4n) is 1.85. The molecule has 1 aromatic heterocycles. The van der Waals surface area contributed by atoms with E-state index >= 15 is 0 Å². The number of hydrogen-bond acceptors (Lipinski definition) is 3. The van der Waals surface area contributed by atoms with Gasteiger partial charge in [0.1, 0.15) is 17.5 Å². The van der Waals surface area contributed by atoms with Gasteiger partial charge < -0.3 is 0 Å². The molecule has 0 saturated heterocycles. The van der Waals surface area contributed by atoms with Crippen molar-refractivity contribution in [1.82, 2.24) is 10.4 Å². The van der Waals surface area contributed by atoms with Gasteiger partial charge in [0.15, 0.2) is 0 Å². The lowest BCUT2D eigenvalue weighted by molar-refractivity contribution is 0.494. The van der Waals surface area contributed by atoms with E-state index in [0.717, 1.165) is 24.4 Å². The standard InChI is InChI=1S/C13H12F3N3/c14-9-1-2-11(15)8(5-9)6-13(19-17)10-3-4-18-7-12(10)16/h1-5,7,13,19H,6,17H2. The van der Waals surface area contributed by atoms with Gasteiger partial charge in [-0.2, -0.15) is 0 Å². The molecule has 0 aliphatic carbocycles. The molecule has 1 unspecified atom stereocenters. The Bertz CT molecular complexity index is 575. The minimum Gasteiger partial charge on any atom is -0.271 e. The van der Waals surface area contributed by atoms with Crippen molar-refractivity contribution in [3.8, 4) is 0 Å². The number of halogens is 3. The Morgan fingerprint density at radius 1 is 1.16 bits per heavy atom. The average Bonchev–Trinajstić information content (AvgIpc) is 2.41. The SMILES string of the molecule is NNC(Cc1cc(F)ccc1F)c1ccncc1F. The Morgan fingerprint density at radius 2 is 1.95 bits per heavy atom. The van der Waals surface area contributed by atoms with Gasteiger partial charge >= 0.3 is 0 Å². The monoisotopic (exact) mass is 267 g/mol. The van der Waals surface area contributed by atoms with Crippen molar-refractivity contribution in [3.05, 3.63) is 65.2 Å². The van der Waals surface area contributed by atoms with Gasteiger partial charge in [-0.25, -0.2) is 13.2 Å². The third-order valence-corrected chi connectivity index (χ3v) is 2.81. The van der Waals surface area contributed by atoms with Crippen LogP contribution in [0.2, 0.25) is 0 Å². The molecule has 1 atom stereocenters. The van der Waals surface area contributed by atoms with E-state index in [0.29, 0.717) is 0 Å². The summed E-state index contributed by atoms with van der Waals surface area (Å²) in [5.74, 6) is 3.69. The second kappa shape index (κ2) is 5.81. The molecule has 0 saturated carbocycles. The molecule has 19 heavy (non-hydrogen) atoms. The molecular weight excluding hydrogens is 255 g/mol. The van der Waals surface area contributed by atoms with Crippen LogP contribution in [0, 0.1) is 17.5 Å². The van der Waals surface area contributed by atoms with Crippen LogP contribution in [0.25, 0.3) is 0 Å². The van der Waals surface area contributed by atoms with Crippen LogP contribution < -0.4 is 11.3 Å². The maximum atomic E-state index is 13.6. The van der Waals surface area contributed by atoms with Crippen molar-refractivity contribution in [2.45, 2.75) is 12.5 Å². The summed E-state index contributed by atoms with van der Waals surface area (Å²) in [5.41, 5.74) is 2.77. The van der Waals surface area contributed by atoms with Gasteiger partial charge in [0.2, 0.25) is 0 Å². The number of nitrogens with one attached hydrogen (secondary N) is 1. The summed E-state index contributed by atoms with van der Waals surface area (Å²) < 4.78 is 40.2. The lowest BCUT2D eigenvalue weighted by Crippen LogP contribution is -2.30. The number of nitrogens with zero attached hydrogens (tertiary/aromatic N) is 1. The maximum absolute atomic E-state index is 13.6. The van der Waals surface area contributed by atoms with E-state index in [4.69, 9.17) is 5.84 Å². The van der Waals surface area contributed by atoms with Gasteiger partial charge in [0.25, 0.3) is 0 Å². The van der Waals surface area contributed by atoms with Crippen LogP contribution in [0.1, 0.15) is 17.2 Å². The van der Waals surface area contributed by atoms with Crippen LogP contribution in [0.15, 0.2) is 36.7 Å². The van der Waals surface area contributed by atoms with E-state index in [-0.39, 0.29) is 17.5 Å². The van der Waals surface area contributed by atoms with Gasteiger partial charge in [-0.05, 0) is 36.2 Å². The summed E-state index contributed by atoms with van der Waals surface area (Å²) >= 11 is 0. The topological polar surface area (TPSA) is 50.9 Å². The van der Waals surface area contributed by atoms with E-state index in [1.54, 1.807) is 0 Å². The highest BCUT2D eigenvalue weighted by molar-refractivity contribution is 5.24. The normalized spacial score (nSPS) is 12.4. The molecule has 1 aromatic carbocycles. The number of benzene rings is 1. The Balaban J connectivity index is 2.29. The zero-order valence-electron chi connectivity index (χ0n) is 9.91. The summed E-state index contributed by atoms with van der Waals surface area (Å²) in [6, 6.07) is 3.90. The minimum absolute atomic E-state index is 0.0288. The van der Waals surface area contributed by atoms with Crippen molar-refractivity contribution in [2.24, 2.45) is 5.84 Å². The van der Waals surface area contributed by atoms with E-state index < -0.39 is 23.5 Å². The van der Waals surface area contributed by atoms with Gasteiger partial charge in [-0.3, -0.25) is 16.3 Å². The summed E-state index contributed by atoms with van der Waals surface area (Å²) in [7, 11) is 0. The third-order valence-electron chi connectivity index (χ3n) is 2.81. The van der Waals surface area contributed by atoms with Crippen molar-refractivity contribution in [2.75, 3.05) is 0 Å². The number of pyridine rings is 1. The predicted molar refractivity (Wildman–Crippen MR) is 64.3 cm³/mol. The second-order valence-corrected chi connectivity index (χ2v) is 4.06. The molecular formula is C13H12F3N3. The Hall–Kier alpha value is -1.92. The lowest BCUT2D eigenvalue weighted by Gasteiger charge is -2.17. The first kappa shape index (κ1) is 13.5. The molecule has 3 nitrogen and oxygen atoms in total. The van der Waals surface area contributed by atoms with E-state index in [2.05, 4.69) is 10.4 Å². The van der Waals surface area contributed by atoms with Gasteiger partial charge in [0, 0.05) is 11.8 Å². The number of aromatic nitrogens is 1. The molecule has 0 amide bonds. The van der Waals surface area contributed by atoms with Crippen LogP contribution in [-0.4, -0.2) is 4.98 Å². The van der Waals surface area contributed by atoms with Crippen LogP contribution >= 0.6 is 0 Å². The van der Waals surface area contributed by atoms with Crippen LogP contribution in [-0.2, 0) is 6.42 Å². The van der Waals surface area contributed by atoms with Crippen LogP contribution in [0.4, 0.5) is 13.2 Å². The first-order chi connectivity index (χ1) is 9.11. The molecule has 2 rings (SSSR count). The zero-order chi connectivity index (χ0) is 13.8. The summed E-state index contributed by atoms with van der Waals surface area (Å²) in [4.78, 5) is 3.62. The molecule has 6 heteroatoms. The van der Waals surface area contributed by atoms with Crippen molar-refractivity contribution < 1.29 is 13.2 Å². The van der Waals surface area contributed by atoms with Gasteiger partial charge in [0.05, 0.1) is 12.2 Å². The molecule has 0 aliphatic rings. The van der Waals surface area contributed by atoms with E-state index in [9.17, 15) is 13.2 Å². The number of hydrazine groups is 1. The molecule has 0 fully saturated rings. The van der Waals surface area contributed by atoms with Gasteiger partial charge in [-0.1, -0.05) is 0 Å². The van der Waals surface area contributed by atoms with Crippen molar-refractivity contribution in [1.29, 1.82) is 0 Å². The van der Waals surface area contributed by atoms with E-state index in [1.165, 1.54) is 12.3 Å². The Morgan fingerprint density at radius 3 is 2.63 bits per heavy atom. The largest absolute Gasteiger partial charge is 0.271 e. The number of nitrogens with two attached hydrogens (primary N) is 1. The van der Waals surface area contributed by atoms with Crippen molar-refractivity contribution in [3.63, 3.8) is 0 Å². The first-order valence-corrected chi connectivity index (χ1v) is 5.61. The summed E-state index contributed by atoms with van der Waals surface area (Å²) in [5, 5.41) is 0. The number of rotatable bonds is 4. The highest BCUT2D eigenvalue weighted by Gasteiger charge is 2.17. The van der Waals surface area contributed by atoms with Crippen LogP contribution in [0.5, 0.6) is 0 Å².